The molecule has 9 unspecified atom stereocenters. The van der Waals surface area contributed by atoms with Crippen LogP contribution in [0, 0.1) is 47.0 Å². The first-order chi connectivity index (χ1) is 28.2. The summed E-state index contributed by atoms with van der Waals surface area (Å²) in [5.41, 5.74) is 15.4. The number of aryl methyl sites for hydroxylation is 1. The Balaban J connectivity index is 1.00. The average molecular weight is 779 g/mol. The monoisotopic (exact) mass is 778 g/mol. The van der Waals surface area contributed by atoms with Crippen LogP contribution in [0.2, 0.25) is 0 Å². The van der Waals surface area contributed by atoms with Crippen molar-refractivity contribution in [3.63, 3.8) is 0 Å². The summed E-state index contributed by atoms with van der Waals surface area (Å²) >= 11 is 0. The van der Waals surface area contributed by atoms with Crippen molar-refractivity contribution in [1.29, 1.82) is 0 Å². The van der Waals surface area contributed by atoms with E-state index in [1.807, 2.05) is 61.8 Å². The van der Waals surface area contributed by atoms with E-state index in [2.05, 4.69) is 40.3 Å². The van der Waals surface area contributed by atoms with Gasteiger partial charge in [-0.2, -0.15) is 0 Å². The fraction of sp³-hybridized carbons (Fsp3) is 0.458. The quantitative estimate of drug-likeness (QED) is 0.181. The fourth-order valence-corrected chi connectivity index (χ4v) is 10.7. The highest BCUT2D eigenvalue weighted by atomic mass is 16.5. The summed E-state index contributed by atoms with van der Waals surface area (Å²) in [5.74, 6) is 10.8. The molecule has 10 nitrogen and oxygen atoms in total. The molecule has 2 aromatic carbocycles. The van der Waals surface area contributed by atoms with Gasteiger partial charge in [-0.25, -0.2) is 0 Å². The lowest BCUT2D eigenvalue weighted by Gasteiger charge is -2.39. The van der Waals surface area contributed by atoms with Crippen LogP contribution in [0.1, 0.15) is 111 Å². The molecule has 5 heterocycles. The first kappa shape index (κ1) is 37.2. The Kier molecular flexibility index (Phi) is 9.37. The Bertz CT molecular complexity index is 2350. The number of aliphatic hydroxyl groups is 3. The van der Waals surface area contributed by atoms with Crippen molar-refractivity contribution in [3.05, 3.63) is 100 Å². The molecule has 5 aliphatic heterocycles. The maximum Gasteiger partial charge on any atom is 0.187 e. The van der Waals surface area contributed by atoms with Crippen LogP contribution in [0.25, 0.3) is 5.57 Å². The van der Waals surface area contributed by atoms with Crippen molar-refractivity contribution in [3.8, 4) is 35.4 Å². The van der Waals surface area contributed by atoms with E-state index in [-0.39, 0.29) is 36.6 Å². The third-order valence-corrected chi connectivity index (χ3v) is 13.8. The number of rotatable bonds is 6. The highest BCUT2D eigenvalue weighted by molar-refractivity contribution is 6.10. The number of aliphatic hydroxyl groups excluding tert-OH is 3. The van der Waals surface area contributed by atoms with Gasteiger partial charge in [0.05, 0.1) is 35.8 Å². The van der Waals surface area contributed by atoms with E-state index in [0.717, 1.165) is 83.2 Å². The second kappa shape index (κ2) is 14.6. The molecule has 2 aromatic rings. The summed E-state index contributed by atoms with van der Waals surface area (Å²) < 4.78 is 13.3. The lowest BCUT2D eigenvalue weighted by molar-refractivity contribution is -0.122. The van der Waals surface area contributed by atoms with Gasteiger partial charge in [-0.1, -0.05) is 67.9 Å². The number of fused-ring (bicyclic) bond motifs is 6. The van der Waals surface area contributed by atoms with Crippen LogP contribution in [0.3, 0.4) is 0 Å². The molecule has 0 amide bonds. The third kappa shape index (κ3) is 6.38. The Morgan fingerprint density at radius 1 is 1.12 bits per heavy atom. The molecule has 0 aromatic heterocycles. The number of aliphatic imine (C=N–C) groups is 1. The Morgan fingerprint density at radius 2 is 1.97 bits per heavy atom. The Labute approximate surface area is 339 Å². The van der Waals surface area contributed by atoms with Gasteiger partial charge in [0.25, 0.3) is 0 Å². The van der Waals surface area contributed by atoms with Crippen molar-refractivity contribution in [1.82, 2.24) is 10.2 Å². The Hall–Kier alpha value is -5.10. The lowest BCUT2D eigenvalue weighted by Crippen LogP contribution is -2.47. The number of Topliss-reactive ketones (excluding diaryl/α,β-unsaturated/α-hetero) is 1. The summed E-state index contributed by atoms with van der Waals surface area (Å²) in [7, 11) is 0. The molecule has 10 rings (SSSR count). The number of hydrogen-bond acceptors (Lipinski definition) is 10. The highest BCUT2D eigenvalue weighted by Crippen LogP contribution is 2.53. The van der Waals surface area contributed by atoms with E-state index < -0.39 is 41.8 Å². The molecular formula is C48H50N4O6. The van der Waals surface area contributed by atoms with Gasteiger partial charge in [-0.15, -0.1) is 0 Å². The number of hydrogen-bond donors (Lipinski definition) is 5. The number of ether oxygens (including phenoxy) is 2. The van der Waals surface area contributed by atoms with Gasteiger partial charge in [0.15, 0.2) is 17.7 Å². The molecule has 0 radical (unpaired) electrons. The van der Waals surface area contributed by atoms with Gasteiger partial charge >= 0.3 is 0 Å². The second-order valence-corrected chi connectivity index (χ2v) is 17.5. The molecule has 9 atom stereocenters. The molecule has 1 spiro atoms. The first-order valence-electron chi connectivity index (χ1n) is 21.0. The zero-order valence-electron chi connectivity index (χ0n) is 32.8. The predicted molar refractivity (Wildman–Crippen MR) is 220 cm³/mol. The molecule has 8 aliphatic rings. The SMILES string of the molecule is CC1C=CC(C(O)CC(=O)CCc2ccc3c(c2)OC2C(C#CC(O)c4ccc5c6c4C(CCC6=CNC5N)C4=CN=C5CN2C=C45)C2(C#CO3)CCCC2)C(O)C1. The fourth-order valence-electron chi connectivity index (χ4n) is 10.7. The zero-order chi connectivity index (χ0) is 39.7. The van der Waals surface area contributed by atoms with E-state index in [4.69, 9.17) is 20.2 Å². The van der Waals surface area contributed by atoms with Crippen LogP contribution in [0.4, 0.5) is 0 Å². The molecule has 1 saturated carbocycles. The third-order valence-electron chi connectivity index (χ3n) is 13.8. The molecule has 6 N–H and O–H groups in total. The summed E-state index contributed by atoms with van der Waals surface area (Å²) in [6, 6.07) is 9.75. The Morgan fingerprint density at radius 3 is 2.81 bits per heavy atom. The predicted octanol–water partition coefficient (Wildman–Crippen LogP) is 5.81. The normalized spacial score (nSPS) is 31.0. The van der Waals surface area contributed by atoms with Crippen LogP contribution in [0.15, 0.2) is 77.2 Å². The highest BCUT2D eigenvalue weighted by Gasteiger charge is 2.49. The summed E-state index contributed by atoms with van der Waals surface area (Å²) in [4.78, 5) is 20.4. The standard InChI is InChI=1S/C48H50N4O6/c1-27-4-9-32(40(55)20-27)41(56)22-30(53)8-5-28-6-15-42-43(21-28)58-47-37(48(18-19-57-42)16-2-3-17-48)13-14-39(54)33-11-12-34-44-29(23-51-46(34)49)7-10-31(45(33)44)35-24-50-38-26-52(47)25-36(35)38/h4,6,9,11-12,15,21,23-25,27,31-32,37,39-41,46-47,51,54-56H,2-3,5,7-8,10,16-17,20,22,26,49H2,1H3. The van der Waals surface area contributed by atoms with Gasteiger partial charge in [-0.3, -0.25) is 9.79 Å². The maximum atomic E-state index is 13.2. The molecule has 1 fully saturated rings. The number of benzene rings is 2. The number of allylic oxidation sites excluding steroid dienone is 3. The summed E-state index contributed by atoms with van der Waals surface area (Å²) in [5, 5.41) is 36.9. The molecular weight excluding hydrogens is 729 g/mol. The van der Waals surface area contributed by atoms with E-state index in [1.54, 1.807) is 0 Å². The second-order valence-electron chi connectivity index (χ2n) is 17.5. The molecule has 58 heavy (non-hydrogen) atoms. The van der Waals surface area contributed by atoms with E-state index in [1.165, 1.54) is 5.57 Å². The van der Waals surface area contributed by atoms with Crippen LogP contribution in [0.5, 0.6) is 11.5 Å². The van der Waals surface area contributed by atoms with Crippen LogP contribution in [-0.4, -0.2) is 56.7 Å². The van der Waals surface area contributed by atoms with Crippen LogP contribution < -0.4 is 20.5 Å². The minimum Gasteiger partial charge on any atom is -0.465 e. The summed E-state index contributed by atoms with van der Waals surface area (Å²) in [6.45, 7) is 2.56. The van der Waals surface area contributed by atoms with E-state index in [9.17, 15) is 20.1 Å². The number of carbonyl (C=O) groups excluding carboxylic acids is 1. The van der Waals surface area contributed by atoms with Gasteiger partial charge in [-0.05, 0) is 95.5 Å². The number of nitrogens with two attached hydrogens (primary N) is 1. The zero-order valence-corrected chi connectivity index (χ0v) is 32.8. The molecule has 298 valence electrons. The maximum absolute atomic E-state index is 13.2. The molecule has 0 saturated heterocycles. The topological polar surface area (TPSA) is 150 Å². The van der Waals surface area contributed by atoms with Crippen molar-refractivity contribution in [2.45, 2.75) is 108 Å². The molecule has 2 bridgehead atoms. The minimum atomic E-state index is -1.05. The van der Waals surface area contributed by atoms with Gasteiger partial charge in [0.1, 0.15) is 24.2 Å². The van der Waals surface area contributed by atoms with Crippen LogP contribution >= 0.6 is 0 Å². The van der Waals surface area contributed by atoms with E-state index >= 15 is 0 Å². The van der Waals surface area contributed by atoms with Gasteiger partial charge in [0.2, 0.25) is 0 Å². The number of nitrogens with zero attached hydrogens (tertiary/aromatic N) is 2. The van der Waals surface area contributed by atoms with Gasteiger partial charge in [0, 0.05) is 48.9 Å². The number of nitrogens with one attached hydrogen (secondary N) is 1. The first-order valence-corrected chi connectivity index (χ1v) is 21.0. The molecule has 10 heteroatoms. The molecule has 3 aliphatic carbocycles. The number of carbonyl (C=O) groups is 1. The summed E-state index contributed by atoms with van der Waals surface area (Å²) in [6.07, 6.45) is 16.2. The van der Waals surface area contributed by atoms with Crippen molar-refractivity contribution < 1.29 is 29.6 Å². The van der Waals surface area contributed by atoms with Crippen molar-refractivity contribution >= 4 is 17.1 Å². The average Bonchev–Trinajstić information content (AvgIpc) is 3.96. The minimum absolute atomic E-state index is 0.00780. The van der Waals surface area contributed by atoms with Crippen LogP contribution in [-0.2, 0) is 11.2 Å². The number of ketones is 1. The largest absolute Gasteiger partial charge is 0.465 e. The van der Waals surface area contributed by atoms with Crippen molar-refractivity contribution in [2.24, 2.45) is 33.9 Å². The van der Waals surface area contributed by atoms with Crippen molar-refractivity contribution in [2.75, 3.05) is 6.54 Å². The lowest BCUT2D eigenvalue weighted by atomic mass is 9.70. The van der Waals surface area contributed by atoms with E-state index in [0.29, 0.717) is 30.9 Å². The smallest absolute Gasteiger partial charge is 0.187 e. The van der Waals surface area contributed by atoms with Gasteiger partial charge < -0.3 is 40.7 Å².